The Labute approximate surface area is 177 Å². The number of rotatable bonds is 10. The molecule has 1 aromatic heterocycles. The lowest BCUT2D eigenvalue weighted by Gasteiger charge is -2.16. The van der Waals surface area contributed by atoms with Crippen LogP contribution in [0, 0.1) is 6.92 Å². The van der Waals surface area contributed by atoms with Gasteiger partial charge in [-0.05, 0) is 25.3 Å². The third kappa shape index (κ3) is 5.87. The van der Waals surface area contributed by atoms with Gasteiger partial charge >= 0.3 is 17.6 Å². The number of ether oxygens (including phenoxy) is 2. The van der Waals surface area contributed by atoms with E-state index >= 15 is 0 Å². The molecule has 0 aliphatic heterocycles. The van der Waals surface area contributed by atoms with Gasteiger partial charge in [-0.1, -0.05) is 0 Å². The summed E-state index contributed by atoms with van der Waals surface area (Å²) in [5, 5.41) is 14.6. The number of carbonyl (C=O) groups excluding carboxylic acids is 2. The number of aliphatic carboxylic acids is 1. The fourth-order valence-electron chi connectivity index (χ4n) is 3.15. The van der Waals surface area contributed by atoms with Crippen LogP contribution in [0.2, 0.25) is 0 Å². The van der Waals surface area contributed by atoms with Crippen LogP contribution in [0.25, 0.3) is 11.0 Å². The second kappa shape index (κ2) is 10.3. The first-order valence-corrected chi connectivity index (χ1v) is 9.41. The zero-order chi connectivity index (χ0) is 23.1. The van der Waals surface area contributed by atoms with Crippen molar-refractivity contribution >= 4 is 28.9 Å². The Morgan fingerprint density at radius 1 is 1.23 bits per heavy atom. The van der Waals surface area contributed by atoms with E-state index in [0.29, 0.717) is 22.4 Å². The van der Waals surface area contributed by atoms with Gasteiger partial charge in [0.1, 0.15) is 23.1 Å². The van der Waals surface area contributed by atoms with E-state index in [-0.39, 0.29) is 37.0 Å². The maximum absolute atomic E-state index is 12.5. The van der Waals surface area contributed by atoms with Gasteiger partial charge in [-0.15, -0.1) is 0 Å². The molecule has 1 heterocycles. The molecule has 0 saturated carbocycles. The molecule has 3 amide bonds. The van der Waals surface area contributed by atoms with Gasteiger partial charge in [0.25, 0.3) is 0 Å². The van der Waals surface area contributed by atoms with E-state index in [2.05, 4.69) is 10.6 Å². The molecule has 0 saturated heterocycles. The molecule has 0 fully saturated rings. The lowest BCUT2D eigenvalue weighted by molar-refractivity contribution is -0.141. The molecule has 0 aliphatic carbocycles. The summed E-state index contributed by atoms with van der Waals surface area (Å²) in [6.45, 7) is 1.83. The molecule has 0 aliphatic rings. The fraction of sp³-hybridized carbons (Fsp3) is 0.400. The maximum Gasteiger partial charge on any atom is 0.340 e. The Kier molecular flexibility index (Phi) is 7.83. The minimum Gasteiger partial charge on any atom is -0.496 e. The Morgan fingerprint density at radius 3 is 2.52 bits per heavy atom. The number of nitrogens with one attached hydrogen (secondary N) is 2. The highest BCUT2D eigenvalue weighted by Crippen LogP contribution is 2.33. The molecule has 11 heteroatoms. The average Bonchev–Trinajstić information content (AvgIpc) is 2.71. The number of fused-ring (bicyclic) bond motifs is 1. The van der Waals surface area contributed by atoms with Crippen LogP contribution in [-0.4, -0.2) is 49.8 Å². The van der Waals surface area contributed by atoms with Crippen LogP contribution < -0.4 is 31.5 Å². The summed E-state index contributed by atoms with van der Waals surface area (Å²) in [7, 11) is 2.92. The molecule has 1 aromatic carbocycles. The van der Waals surface area contributed by atoms with Crippen LogP contribution >= 0.6 is 0 Å². The summed E-state index contributed by atoms with van der Waals surface area (Å²) in [5.41, 5.74) is 5.05. The molecule has 11 nitrogen and oxygen atoms in total. The zero-order valence-electron chi connectivity index (χ0n) is 17.4. The number of aryl methyl sites for hydroxylation is 1. The molecule has 0 spiro atoms. The van der Waals surface area contributed by atoms with E-state index < -0.39 is 29.6 Å². The molecular weight excluding hydrogens is 410 g/mol. The first-order valence-electron chi connectivity index (χ1n) is 9.41. The third-order valence-electron chi connectivity index (χ3n) is 4.71. The topological polar surface area (TPSA) is 170 Å². The van der Waals surface area contributed by atoms with Gasteiger partial charge in [0.05, 0.1) is 31.6 Å². The summed E-state index contributed by atoms with van der Waals surface area (Å²) >= 11 is 0. The van der Waals surface area contributed by atoms with E-state index in [1.54, 1.807) is 13.0 Å². The number of methoxy groups -OCH3 is 2. The Bertz CT molecular complexity index is 1050. The minimum atomic E-state index is -1.23. The zero-order valence-corrected chi connectivity index (χ0v) is 17.4. The Morgan fingerprint density at radius 2 is 1.94 bits per heavy atom. The minimum absolute atomic E-state index is 0.0697. The van der Waals surface area contributed by atoms with Crippen LogP contribution in [0.5, 0.6) is 11.5 Å². The van der Waals surface area contributed by atoms with E-state index in [0.717, 1.165) is 0 Å². The van der Waals surface area contributed by atoms with E-state index in [9.17, 15) is 24.3 Å². The number of carboxylic acids is 1. The van der Waals surface area contributed by atoms with Gasteiger partial charge in [0, 0.05) is 18.7 Å². The fourth-order valence-corrected chi connectivity index (χ4v) is 3.15. The summed E-state index contributed by atoms with van der Waals surface area (Å²) < 4.78 is 15.9. The van der Waals surface area contributed by atoms with E-state index in [4.69, 9.17) is 19.6 Å². The van der Waals surface area contributed by atoms with Crippen LogP contribution in [0.15, 0.2) is 21.3 Å². The third-order valence-corrected chi connectivity index (χ3v) is 4.71. The number of hydrogen-bond donors (Lipinski definition) is 4. The van der Waals surface area contributed by atoms with Gasteiger partial charge in [0.15, 0.2) is 0 Å². The SMILES string of the molecule is COc1cc(OC)c2c(C)c(CC(=O)NC(CCCNC(N)=O)C(=O)O)c(=O)oc2c1. The van der Waals surface area contributed by atoms with Crippen molar-refractivity contribution in [3.05, 3.63) is 33.7 Å². The van der Waals surface area contributed by atoms with Gasteiger partial charge in [-0.3, -0.25) is 4.79 Å². The second-order valence-electron chi connectivity index (χ2n) is 6.76. The summed E-state index contributed by atoms with van der Waals surface area (Å²) in [4.78, 5) is 47.1. The van der Waals surface area contributed by atoms with Gasteiger partial charge in [0.2, 0.25) is 5.91 Å². The van der Waals surface area contributed by atoms with Crippen LogP contribution in [0.4, 0.5) is 4.79 Å². The van der Waals surface area contributed by atoms with Crippen LogP contribution in [-0.2, 0) is 16.0 Å². The van der Waals surface area contributed by atoms with Crippen LogP contribution in [0.3, 0.4) is 0 Å². The molecule has 168 valence electrons. The van der Waals surface area contributed by atoms with Crippen molar-refractivity contribution < 1.29 is 33.4 Å². The normalized spacial score (nSPS) is 11.6. The van der Waals surface area contributed by atoms with Crippen molar-refractivity contribution in [1.29, 1.82) is 0 Å². The van der Waals surface area contributed by atoms with Crippen molar-refractivity contribution in [3.63, 3.8) is 0 Å². The highest BCUT2D eigenvalue weighted by atomic mass is 16.5. The predicted molar refractivity (Wildman–Crippen MR) is 110 cm³/mol. The highest BCUT2D eigenvalue weighted by Gasteiger charge is 2.23. The van der Waals surface area contributed by atoms with Crippen molar-refractivity contribution in [3.8, 4) is 11.5 Å². The number of carboxylic acid groups (broad SMARTS) is 1. The first-order chi connectivity index (χ1) is 14.7. The lowest BCUT2D eigenvalue weighted by atomic mass is 10.0. The number of amides is 3. The second-order valence-corrected chi connectivity index (χ2v) is 6.76. The Hall–Kier alpha value is -3.76. The van der Waals surface area contributed by atoms with Gasteiger partial charge in [-0.2, -0.15) is 0 Å². The predicted octanol–water partition coefficient (Wildman–Crippen LogP) is 0.679. The summed E-state index contributed by atoms with van der Waals surface area (Å²) in [6, 6.07) is 1.26. The molecule has 1 unspecified atom stereocenters. The molecule has 2 aromatic rings. The molecule has 31 heavy (non-hydrogen) atoms. The molecule has 1 atom stereocenters. The number of carbonyl (C=O) groups is 3. The highest BCUT2D eigenvalue weighted by molar-refractivity contribution is 5.91. The molecular formula is C20H25N3O8. The molecule has 5 N–H and O–H groups in total. The lowest BCUT2D eigenvalue weighted by Crippen LogP contribution is -2.42. The average molecular weight is 435 g/mol. The van der Waals surface area contributed by atoms with E-state index in [1.165, 1.54) is 20.3 Å². The quantitative estimate of drug-likeness (QED) is 0.312. The van der Waals surface area contributed by atoms with Gasteiger partial charge in [-0.25, -0.2) is 14.4 Å². The van der Waals surface area contributed by atoms with E-state index in [1.807, 2.05) is 0 Å². The number of primary amides is 1. The monoisotopic (exact) mass is 435 g/mol. The van der Waals surface area contributed by atoms with Crippen molar-refractivity contribution in [2.45, 2.75) is 32.2 Å². The largest absolute Gasteiger partial charge is 0.496 e. The van der Waals surface area contributed by atoms with Crippen LogP contribution in [0.1, 0.15) is 24.0 Å². The number of urea groups is 1. The first kappa shape index (κ1) is 23.5. The molecule has 0 radical (unpaired) electrons. The molecule has 2 rings (SSSR count). The Balaban J connectivity index is 2.23. The standard InChI is InChI=1S/C20H25N3O8/c1-10-12(9-16(24)23-13(18(25)26)5-4-6-22-20(21)28)19(27)31-15-8-11(29-2)7-14(30-3)17(10)15/h7-8,13H,4-6,9H2,1-3H3,(H,23,24)(H,25,26)(H3,21,22,28). The van der Waals surface area contributed by atoms with Gasteiger partial charge < -0.3 is 35.4 Å². The number of nitrogens with two attached hydrogens (primary N) is 1. The van der Waals surface area contributed by atoms with Crippen molar-refractivity contribution in [2.75, 3.05) is 20.8 Å². The summed E-state index contributed by atoms with van der Waals surface area (Å²) in [5.74, 6) is -1.05. The van der Waals surface area contributed by atoms with Crippen molar-refractivity contribution in [1.82, 2.24) is 10.6 Å². The molecule has 0 bridgehead atoms. The maximum atomic E-state index is 12.5. The number of hydrogen-bond acceptors (Lipinski definition) is 7. The summed E-state index contributed by atoms with van der Waals surface area (Å²) in [6.07, 6.45) is -0.0146. The number of benzene rings is 1. The van der Waals surface area contributed by atoms with Crippen molar-refractivity contribution in [2.24, 2.45) is 5.73 Å². The smallest absolute Gasteiger partial charge is 0.340 e.